The van der Waals surface area contributed by atoms with Crippen molar-refractivity contribution in [3.05, 3.63) is 189 Å². The van der Waals surface area contributed by atoms with Crippen LogP contribution in [0.15, 0.2) is 127 Å². The normalized spacial score (nSPS) is 9.79. The Labute approximate surface area is 430 Å². The molecule has 0 unspecified atom stereocenters. The molecule has 0 N–H and O–H groups in total. The third-order valence-corrected chi connectivity index (χ3v) is 9.25. The molecule has 0 spiro atoms. The van der Waals surface area contributed by atoms with Crippen LogP contribution in [-0.2, 0) is 25.9 Å². The van der Waals surface area contributed by atoms with Crippen LogP contribution in [0.3, 0.4) is 0 Å². The molecule has 0 atom stereocenters. The first-order valence-electron chi connectivity index (χ1n) is 24.9. The number of aryl methyl sites for hydroxylation is 9. The van der Waals surface area contributed by atoms with Crippen LogP contribution in [0, 0.1) is 48.5 Å². The van der Waals surface area contributed by atoms with Gasteiger partial charge >= 0.3 is 0 Å². The molecule has 0 amide bonds. The Hall–Kier alpha value is -4.46. The van der Waals surface area contributed by atoms with Crippen LogP contribution in [0.1, 0.15) is 208 Å². The smallest absolute Gasteiger partial charge is 0.0237 e. The summed E-state index contributed by atoms with van der Waals surface area (Å²) < 4.78 is 0. The van der Waals surface area contributed by atoms with Crippen molar-refractivity contribution in [3.63, 3.8) is 0 Å². The number of nitrogens with zero attached hydrogens (tertiary/aromatic N) is 1. The maximum Gasteiger partial charge on any atom is 0.0237 e. The highest BCUT2D eigenvalue weighted by molar-refractivity contribution is 5.82. The molecule has 1 aliphatic carbocycles. The van der Waals surface area contributed by atoms with E-state index in [0.717, 1.165) is 13.1 Å². The summed E-state index contributed by atoms with van der Waals surface area (Å²) in [5, 5.41) is 2.64. The van der Waals surface area contributed by atoms with Crippen molar-refractivity contribution in [3.8, 4) is 0 Å². The number of rotatable bonds is 0. The Morgan fingerprint density at radius 3 is 1.12 bits per heavy atom. The molecule has 6 aromatic rings. The summed E-state index contributed by atoms with van der Waals surface area (Å²) in [6.45, 7) is 45.2. The fourth-order valence-corrected chi connectivity index (χ4v) is 6.29. The van der Waals surface area contributed by atoms with E-state index in [4.69, 9.17) is 0 Å². The monoisotopic (exact) mass is 938 g/mol. The molecule has 1 heterocycles. The summed E-state index contributed by atoms with van der Waals surface area (Å²) in [6, 6.07) is 45.3. The molecule has 0 aromatic heterocycles. The zero-order chi connectivity index (χ0) is 49.2. The Balaban J connectivity index is -0.0000000847. The second-order valence-corrected chi connectivity index (χ2v) is 14.0. The van der Waals surface area contributed by atoms with Crippen molar-refractivity contribution in [1.82, 2.24) is 4.90 Å². The minimum atomic E-state index is 0. The van der Waals surface area contributed by atoms with E-state index in [1.54, 1.807) is 11.1 Å². The van der Waals surface area contributed by atoms with Crippen molar-refractivity contribution >= 4 is 10.8 Å². The highest BCUT2D eigenvalue weighted by Crippen LogP contribution is 2.23. The molecule has 8 rings (SSSR count). The lowest BCUT2D eigenvalue weighted by Gasteiger charge is -2.15. The summed E-state index contributed by atoms with van der Waals surface area (Å²) in [7, 11) is 2.16. The Morgan fingerprint density at radius 2 is 0.662 bits per heavy atom. The topological polar surface area (TPSA) is 3.24 Å². The van der Waals surface area contributed by atoms with Gasteiger partial charge in [0, 0.05) is 13.1 Å². The van der Waals surface area contributed by atoms with Gasteiger partial charge in [0.15, 0.2) is 0 Å². The number of fused-ring (bicyclic) bond motifs is 3. The van der Waals surface area contributed by atoms with Crippen LogP contribution in [0.4, 0.5) is 0 Å². The van der Waals surface area contributed by atoms with Crippen molar-refractivity contribution in [2.45, 2.75) is 221 Å². The van der Waals surface area contributed by atoms with Crippen LogP contribution in [-0.4, -0.2) is 11.9 Å². The Kier molecular flexibility index (Phi) is 69.9. The van der Waals surface area contributed by atoms with E-state index in [-0.39, 0.29) is 37.1 Å². The lowest BCUT2D eigenvalue weighted by molar-refractivity contribution is 0.353. The van der Waals surface area contributed by atoms with E-state index in [9.17, 15) is 0 Å². The van der Waals surface area contributed by atoms with Gasteiger partial charge in [-0.1, -0.05) is 289 Å². The van der Waals surface area contributed by atoms with E-state index in [1.807, 2.05) is 115 Å². The molecule has 0 bridgehead atoms. The Bertz CT molecular complexity index is 1900. The third kappa shape index (κ3) is 37.5. The van der Waals surface area contributed by atoms with Crippen molar-refractivity contribution in [1.29, 1.82) is 0 Å². The molecule has 0 saturated carbocycles. The summed E-state index contributed by atoms with van der Waals surface area (Å²) >= 11 is 0. The zero-order valence-corrected chi connectivity index (χ0v) is 45.3. The lowest BCUT2D eigenvalue weighted by atomic mass is 9.91. The highest BCUT2D eigenvalue weighted by Gasteiger charge is 2.14. The van der Waals surface area contributed by atoms with Crippen LogP contribution in [0.2, 0.25) is 0 Å². The average Bonchev–Trinajstić information content (AvgIpc) is 3.72. The summed E-state index contributed by atoms with van der Waals surface area (Å²) in [6.07, 6.45) is 5.37. The molecule has 392 valence electrons. The SMILES string of the molecule is C.C.C.C.C.CC.CC.CC.CC.CC.CC.CC.Cc1ccc(C)c(C)c1.Cc1ccc2c(c1)CCCC2.Cc1ccc2c(c1)CN(C)C2.Cc1ccc2ccccc2c1.Cc1ccccc1. The van der Waals surface area contributed by atoms with Gasteiger partial charge in [0.2, 0.25) is 0 Å². The highest BCUT2D eigenvalue weighted by atomic mass is 15.1. The molecular weight excluding hydrogens is 819 g/mol. The molecule has 6 aromatic carbocycles. The van der Waals surface area contributed by atoms with E-state index >= 15 is 0 Å². The Morgan fingerprint density at radius 1 is 0.294 bits per heavy atom. The van der Waals surface area contributed by atoms with Crippen molar-refractivity contribution < 1.29 is 0 Å². The molecule has 0 fully saturated rings. The summed E-state index contributed by atoms with van der Waals surface area (Å²) in [4.78, 5) is 2.34. The molecule has 1 nitrogen and oxygen atoms in total. The van der Waals surface area contributed by atoms with Gasteiger partial charge in [-0.2, -0.15) is 0 Å². The molecule has 2 aliphatic rings. The predicted molar refractivity (Wildman–Crippen MR) is 328 cm³/mol. The van der Waals surface area contributed by atoms with Crippen molar-refractivity contribution in [2.75, 3.05) is 7.05 Å². The first-order valence-corrected chi connectivity index (χ1v) is 24.9. The summed E-state index contributed by atoms with van der Waals surface area (Å²) in [5.41, 5.74) is 15.7. The second kappa shape index (κ2) is 56.9. The van der Waals surface area contributed by atoms with Gasteiger partial charge in [0.1, 0.15) is 0 Å². The van der Waals surface area contributed by atoms with Crippen LogP contribution in [0.25, 0.3) is 10.8 Å². The number of benzene rings is 6. The van der Waals surface area contributed by atoms with Crippen LogP contribution >= 0.6 is 0 Å². The van der Waals surface area contributed by atoms with Crippen LogP contribution < -0.4 is 0 Å². The van der Waals surface area contributed by atoms with Gasteiger partial charge < -0.3 is 0 Å². The quantitative estimate of drug-likeness (QED) is 0.147. The van der Waals surface area contributed by atoms with Gasteiger partial charge in [-0.3, -0.25) is 4.90 Å². The largest absolute Gasteiger partial charge is 0.298 e. The van der Waals surface area contributed by atoms with E-state index in [2.05, 4.69) is 170 Å². The predicted octanol–water partition coefficient (Wildman–Crippen LogP) is 22.9. The fourth-order valence-electron chi connectivity index (χ4n) is 6.29. The maximum atomic E-state index is 2.34. The molecular formula is C67H119N. The van der Waals surface area contributed by atoms with E-state index in [0.29, 0.717) is 0 Å². The number of hydrogen-bond donors (Lipinski definition) is 0. The maximum absolute atomic E-state index is 2.34. The minimum absolute atomic E-state index is 0. The molecule has 0 saturated heterocycles. The second-order valence-electron chi connectivity index (χ2n) is 14.0. The van der Waals surface area contributed by atoms with E-state index < -0.39 is 0 Å². The van der Waals surface area contributed by atoms with Gasteiger partial charge in [-0.05, 0) is 125 Å². The van der Waals surface area contributed by atoms with Crippen molar-refractivity contribution in [2.24, 2.45) is 0 Å². The fraction of sp³-hybridized carbons (Fsp3) is 0.493. The summed E-state index contributed by atoms with van der Waals surface area (Å²) in [5.74, 6) is 0. The molecule has 1 aliphatic heterocycles. The minimum Gasteiger partial charge on any atom is -0.298 e. The van der Waals surface area contributed by atoms with Gasteiger partial charge in [-0.15, -0.1) is 0 Å². The standard InChI is InChI=1S/C11H14.C11H10.C10H13N.C9H12.C7H8.7C2H6.5CH4/c2*1-9-6-7-10-4-2-3-5-11(10)8-9;1-8-3-4-9-6-11(2)7-10(9)5-8;1-7-4-5-8(2)9(3)6-7;1-7-5-3-2-4-6-7;7*1-2;;;;;/h6-8H,2-5H2,1H3;2-8H,1H3;3-5H,6-7H2,1-2H3;4-6H,1-3H3;2-6H,1H3;7*1-2H3;5*1H4. The average molecular weight is 939 g/mol. The number of hydrogen-bond acceptors (Lipinski definition) is 1. The van der Waals surface area contributed by atoms with Gasteiger partial charge in [-0.25, -0.2) is 0 Å². The van der Waals surface area contributed by atoms with Gasteiger partial charge in [0.25, 0.3) is 0 Å². The third-order valence-electron chi connectivity index (χ3n) is 9.25. The first kappa shape index (κ1) is 83.5. The zero-order valence-electron chi connectivity index (χ0n) is 45.3. The molecule has 68 heavy (non-hydrogen) atoms. The van der Waals surface area contributed by atoms with E-state index in [1.165, 1.54) is 86.5 Å². The van der Waals surface area contributed by atoms with Crippen LogP contribution in [0.5, 0.6) is 0 Å². The molecule has 0 radical (unpaired) electrons. The lowest BCUT2D eigenvalue weighted by Crippen LogP contribution is -2.07. The molecule has 1 heteroatoms. The van der Waals surface area contributed by atoms with Gasteiger partial charge in [0.05, 0.1) is 0 Å². The first-order chi connectivity index (χ1) is 30.6.